The smallest absolute Gasteiger partial charge is 0.194 e. The Morgan fingerprint density at radius 1 is 1.18 bits per heavy atom. The summed E-state index contributed by atoms with van der Waals surface area (Å²) in [5, 5.41) is 12.2. The van der Waals surface area contributed by atoms with Crippen LogP contribution in [0.1, 0.15) is 43.4 Å². The number of hydrogen-bond donors (Lipinski definition) is 1. The van der Waals surface area contributed by atoms with Gasteiger partial charge >= 0.3 is 0 Å². The van der Waals surface area contributed by atoms with Crippen LogP contribution in [-0.4, -0.2) is 63.4 Å². The molecule has 1 N–H and O–H groups in total. The standard InChI is InChI=1S/C20H33N7O/c1-5-18-17(19(6-2)25(4)23-18)14-22-20(21-7-3)27-11-9-26(10-12-27)15-16-8-13-28-24-16/h8,13H,5-7,9-12,14-15H2,1-4H3,(H,21,22). The molecule has 0 bridgehead atoms. The fourth-order valence-electron chi connectivity index (χ4n) is 3.82. The van der Waals surface area contributed by atoms with Gasteiger partial charge in [0.2, 0.25) is 0 Å². The molecule has 0 atom stereocenters. The van der Waals surface area contributed by atoms with Crippen molar-refractivity contribution in [2.75, 3.05) is 32.7 Å². The first kappa shape index (κ1) is 20.4. The molecule has 2 aromatic heterocycles. The predicted molar refractivity (Wildman–Crippen MR) is 110 cm³/mol. The molecule has 154 valence electrons. The van der Waals surface area contributed by atoms with Crippen LogP contribution in [0.3, 0.4) is 0 Å². The van der Waals surface area contributed by atoms with Crippen LogP contribution in [-0.2, 0) is 33.0 Å². The molecule has 0 unspecified atom stereocenters. The van der Waals surface area contributed by atoms with E-state index < -0.39 is 0 Å². The average Bonchev–Trinajstić information content (AvgIpc) is 3.32. The van der Waals surface area contributed by atoms with Crippen molar-refractivity contribution in [2.24, 2.45) is 12.0 Å². The van der Waals surface area contributed by atoms with Gasteiger partial charge in [0.25, 0.3) is 0 Å². The topological polar surface area (TPSA) is 74.7 Å². The molecule has 0 saturated carbocycles. The quantitative estimate of drug-likeness (QED) is 0.577. The third-order valence-electron chi connectivity index (χ3n) is 5.30. The van der Waals surface area contributed by atoms with Gasteiger partial charge in [0.15, 0.2) is 5.96 Å². The molecule has 1 fully saturated rings. The van der Waals surface area contributed by atoms with Crippen LogP contribution in [0.5, 0.6) is 0 Å². The van der Waals surface area contributed by atoms with Crippen molar-refractivity contribution in [1.29, 1.82) is 0 Å². The summed E-state index contributed by atoms with van der Waals surface area (Å²) in [6, 6.07) is 1.93. The Balaban J connectivity index is 1.65. The largest absolute Gasteiger partial charge is 0.364 e. The van der Waals surface area contributed by atoms with Crippen molar-refractivity contribution < 1.29 is 4.52 Å². The molecule has 28 heavy (non-hydrogen) atoms. The lowest BCUT2D eigenvalue weighted by Crippen LogP contribution is -2.52. The molecule has 0 amide bonds. The first-order valence-corrected chi connectivity index (χ1v) is 10.3. The Labute approximate surface area is 167 Å². The van der Waals surface area contributed by atoms with E-state index in [9.17, 15) is 0 Å². The van der Waals surface area contributed by atoms with Crippen molar-refractivity contribution in [3.63, 3.8) is 0 Å². The summed E-state index contributed by atoms with van der Waals surface area (Å²) in [4.78, 5) is 9.73. The van der Waals surface area contributed by atoms with Crippen LogP contribution in [0.15, 0.2) is 21.8 Å². The maximum absolute atomic E-state index is 4.97. The molecule has 0 spiro atoms. The maximum Gasteiger partial charge on any atom is 0.194 e. The van der Waals surface area contributed by atoms with Crippen LogP contribution in [0, 0.1) is 0 Å². The number of aromatic nitrogens is 3. The Morgan fingerprint density at radius 3 is 2.57 bits per heavy atom. The summed E-state index contributed by atoms with van der Waals surface area (Å²) in [7, 11) is 2.03. The number of aliphatic imine (C=N–C) groups is 1. The Kier molecular flexibility index (Phi) is 7.08. The molecule has 1 aliphatic rings. The van der Waals surface area contributed by atoms with Crippen molar-refractivity contribution in [3.05, 3.63) is 35.0 Å². The van der Waals surface area contributed by atoms with E-state index in [0.717, 1.165) is 69.5 Å². The lowest BCUT2D eigenvalue weighted by molar-refractivity contribution is 0.169. The van der Waals surface area contributed by atoms with Gasteiger partial charge in [-0.1, -0.05) is 19.0 Å². The zero-order valence-electron chi connectivity index (χ0n) is 17.6. The normalized spacial score (nSPS) is 16.0. The van der Waals surface area contributed by atoms with Crippen LogP contribution < -0.4 is 5.32 Å². The van der Waals surface area contributed by atoms with Gasteiger partial charge in [0, 0.05) is 63.6 Å². The number of nitrogens with zero attached hydrogens (tertiary/aromatic N) is 6. The van der Waals surface area contributed by atoms with E-state index >= 15 is 0 Å². The average molecular weight is 388 g/mol. The van der Waals surface area contributed by atoms with E-state index in [4.69, 9.17) is 9.52 Å². The third kappa shape index (κ3) is 4.73. The minimum absolute atomic E-state index is 0.682. The van der Waals surface area contributed by atoms with E-state index in [2.05, 4.69) is 46.1 Å². The molecule has 0 radical (unpaired) electrons. The summed E-state index contributed by atoms with van der Waals surface area (Å²) in [5.41, 5.74) is 4.72. The van der Waals surface area contributed by atoms with Crippen LogP contribution in [0.4, 0.5) is 0 Å². The minimum atomic E-state index is 0.682. The lowest BCUT2D eigenvalue weighted by Gasteiger charge is -2.36. The highest BCUT2D eigenvalue weighted by Crippen LogP contribution is 2.17. The molecule has 1 saturated heterocycles. The highest BCUT2D eigenvalue weighted by atomic mass is 16.5. The van der Waals surface area contributed by atoms with Crippen LogP contribution >= 0.6 is 0 Å². The monoisotopic (exact) mass is 387 g/mol. The highest BCUT2D eigenvalue weighted by molar-refractivity contribution is 5.80. The second-order valence-corrected chi connectivity index (χ2v) is 7.13. The van der Waals surface area contributed by atoms with Gasteiger partial charge < -0.3 is 14.7 Å². The molecule has 0 aliphatic carbocycles. The van der Waals surface area contributed by atoms with E-state index in [1.165, 1.54) is 11.3 Å². The van der Waals surface area contributed by atoms with E-state index in [1.54, 1.807) is 6.26 Å². The fourth-order valence-corrected chi connectivity index (χ4v) is 3.82. The molecule has 1 aliphatic heterocycles. The van der Waals surface area contributed by atoms with Gasteiger partial charge in [0.1, 0.15) is 6.26 Å². The molecule has 8 heteroatoms. The zero-order chi connectivity index (χ0) is 19.9. The summed E-state index contributed by atoms with van der Waals surface area (Å²) < 4.78 is 6.95. The number of hydrogen-bond acceptors (Lipinski definition) is 5. The fraction of sp³-hybridized carbons (Fsp3) is 0.650. The molecule has 8 nitrogen and oxygen atoms in total. The number of rotatable bonds is 7. The van der Waals surface area contributed by atoms with Crippen molar-refractivity contribution in [1.82, 2.24) is 30.1 Å². The lowest BCUT2D eigenvalue weighted by atomic mass is 10.1. The number of aryl methyl sites for hydroxylation is 2. The molecule has 2 aromatic rings. The Hall–Kier alpha value is -2.35. The van der Waals surface area contributed by atoms with Crippen molar-refractivity contribution in [2.45, 2.75) is 46.7 Å². The summed E-state index contributed by atoms with van der Waals surface area (Å²) in [6.07, 6.45) is 3.55. The maximum atomic E-state index is 4.97. The molecule has 3 rings (SSSR count). The van der Waals surface area contributed by atoms with E-state index in [0.29, 0.717) is 6.54 Å². The molecule has 0 aromatic carbocycles. The summed E-state index contributed by atoms with van der Waals surface area (Å²) in [6.45, 7) is 12.7. The van der Waals surface area contributed by atoms with Crippen molar-refractivity contribution >= 4 is 5.96 Å². The van der Waals surface area contributed by atoms with Gasteiger partial charge in [-0.3, -0.25) is 9.58 Å². The summed E-state index contributed by atoms with van der Waals surface area (Å²) >= 11 is 0. The first-order chi connectivity index (χ1) is 13.7. The molecular formula is C20H33N7O. The highest BCUT2D eigenvalue weighted by Gasteiger charge is 2.21. The summed E-state index contributed by atoms with van der Waals surface area (Å²) in [5.74, 6) is 0.997. The van der Waals surface area contributed by atoms with E-state index in [1.807, 2.05) is 17.8 Å². The third-order valence-corrected chi connectivity index (χ3v) is 5.30. The SMILES string of the molecule is CCNC(=NCc1c(CC)nn(C)c1CC)N1CCN(Cc2ccon2)CC1. The second kappa shape index (κ2) is 9.73. The van der Waals surface area contributed by atoms with Crippen LogP contribution in [0.2, 0.25) is 0 Å². The predicted octanol–water partition coefficient (Wildman–Crippen LogP) is 1.82. The van der Waals surface area contributed by atoms with Gasteiger partial charge in [-0.15, -0.1) is 0 Å². The first-order valence-electron chi connectivity index (χ1n) is 10.3. The molecule has 3 heterocycles. The second-order valence-electron chi connectivity index (χ2n) is 7.13. The van der Waals surface area contributed by atoms with E-state index in [-0.39, 0.29) is 0 Å². The zero-order valence-corrected chi connectivity index (χ0v) is 17.6. The number of piperazine rings is 1. The Morgan fingerprint density at radius 2 is 1.96 bits per heavy atom. The van der Waals surface area contributed by atoms with Gasteiger partial charge in [-0.2, -0.15) is 5.10 Å². The number of guanidine groups is 1. The van der Waals surface area contributed by atoms with Gasteiger partial charge in [-0.25, -0.2) is 4.99 Å². The Bertz CT molecular complexity index is 758. The van der Waals surface area contributed by atoms with Gasteiger partial charge in [-0.05, 0) is 19.8 Å². The molecular weight excluding hydrogens is 354 g/mol. The van der Waals surface area contributed by atoms with Crippen molar-refractivity contribution in [3.8, 4) is 0 Å². The number of nitrogens with one attached hydrogen (secondary N) is 1. The minimum Gasteiger partial charge on any atom is -0.364 e. The van der Waals surface area contributed by atoms with Gasteiger partial charge in [0.05, 0.1) is 17.9 Å². The van der Waals surface area contributed by atoms with Crippen LogP contribution in [0.25, 0.3) is 0 Å².